The van der Waals surface area contributed by atoms with Crippen LogP contribution in [0.3, 0.4) is 0 Å². The molecule has 1 atom stereocenters. The highest BCUT2D eigenvalue weighted by molar-refractivity contribution is 7.99. The average Bonchev–Trinajstić information content (AvgIpc) is 2.77. The number of nitrogens with zero attached hydrogens (tertiary/aromatic N) is 3. The molecule has 10 heteroatoms. The first-order valence-corrected chi connectivity index (χ1v) is 11.4. The molecule has 3 heterocycles. The highest BCUT2D eigenvalue weighted by Gasteiger charge is 2.30. The molecule has 0 saturated carbocycles. The van der Waals surface area contributed by atoms with E-state index in [9.17, 15) is 14.4 Å². The van der Waals surface area contributed by atoms with E-state index in [1.54, 1.807) is 44.3 Å². The molecule has 2 amide bonds. The van der Waals surface area contributed by atoms with Crippen LogP contribution in [-0.4, -0.2) is 44.9 Å². The number of benzene rings is 1. The molecule has 3 aromatic rings. The van der Waals surface area contributed by atoms with E-state index in [1.807, 2.05) is 19.1 Å². The highest BCUT2D eigenvalue weighted by atomic mass is 32.2. The van der Waals surface area contributed by atoms with Gasteiger partial charge in [-0.2, -0.15) is 0 Å². The number of fused-ring (bicyclic) bond motifs is 1. The number of carbonyl (C=O) groups excluding carboxylic acids is 2. The summed E-state index contributed by atoms with van der Waals surface area (Å²) >= 11 is 1.23. The molecule has 0 aliphatic carbocycles. The van der Waals surface area contributed by atoms with Crippen LogP contribution in [-0.2, 0) is 9.53 Å². The molecule has 2 N–H and O–H groups in total. The van der Waals surface area contributed by atoms with Crippen LogP contribution in [0.4, 0.5) is 4.79 Å². The average molecular weight is 466 g/mol. The smallest absolute Gasteiger partial charge is 0.337 e. The Morgan fingerprint density at radius 1 is 1.24 bits per heavy atom. The maximum absolute atomic E-state index is 13.4. The summed E-state index contributed by atoms with van der Waals surface area (Å²) in [5, 5.41) is 6.25. The van der Waals surface area contributed by atoms with Gasteiger partial charge in [-0.3, -0.25) is 4.79 Å². The van der Waals surface area contributed by atoms with E-state index in [0.29, 0.717) is 33.1 Å². The number of para-hydroxylation sites is 1. The summed E-state index contributed by atoms with van der Waals surface area (Å²) in [5.41, 5.74) is 2.01. The van der Waals surface area contributed by atoms with Gasteiger partial charge in [-0.25, -0.2) is 24.1 Å². The molecule has 0 radical (unpaired) electrons. The molecule has 1 aliphatic heterocycles. The molecule has 170 valence electrons. The van der Waals surface area contributed by atoms with Crippen LogP contribution in [0.2, 0.25) is 0 Å². The van der Waals surface area contributed by atoms with Crippen molar-refractivity contribution in [2.75, 3.05) is 12.4 Å². The number of ether oxygens (including phenoxy) is 1. The van der Waals surface area contributed by atoms with Crippen molar-refractivity contribution in [3.8, 4) is 5.82 Å². The lowest BCUT2D eigenvalue weighted by atomic mass is 10.1. The zero-order valence-corrected chi connectivity index (χ0v) is 19.2. The van der Waals surface area contributed by atoms with Gasteiger partial charge in [0.05, 0.1) is 29.1 Å². The molecule has 1 aromatic carbocycles. The van der Waals surface area contributed by atoms with E-state index in [2.05, 4.69) is 20.6 Å². The Morgan fingerprint density at radius 2 is 2.03 bits per heavy atom. The van der Waals surface area contributed by atoms with Crippen molar-refractivity contribution in [1.29, 1.82) is 0 Å². The molecule has 0 spiro atoms. The zero-order chi connectivity index (χ0) is 23.5. The predicted octanol–water partition coefficient (Wildman–Crippen LogP) is 2.70. The topological polar surface area (TPSA) is 115 Å². The van der Waals surface area contributed by atoms with E-state index >= 15 is 0 Å². The summed E-state index contributed by atoms with van der Waals surface area (Å²) in [6.07, 6.45) is 1.64. The largest absolute Gasteiger partial charge is 0.463 e. The second kappa shape index (κ2) is 9.45. The van der Waals surface area contributed by atoms with Crippen LogP contribution < -0.4 is 16.2 Å². The Labute approximate surface area is 194 Å². The first kappa shape index (κ1) is 22.5. The molecule has 0 fully saturated rings. The van der Waals surface area contributed by atoms with Crippen LogP contribution in [0.1, 0.15) is 19.4 Å². The second-order valence-corrected chi connectivity index (χ2v) is 8.41. The number of nitrogens with one attached hydrogen (secondary N) is 2. The summed E-state index contributed by atoms with van der Waals surface area (Å²) < 4.78 is 6.63. The number of hydrogen-bond acceptors (Lipinski definition) is 7. The Kier molecular flexibility index (Phi) is 6.45. The van der Waals surface area contributed by atoms with E-state index in [1.165, 1.54) is 16.3 Å². The fourth-order valence-electron chi connectivity index (χ4n) is 3.58. The molecule has 1 unspecified atom stereocenters. The van der Waals surface area contributed by atoms with Crippen molar-refractivity contribution in [3.05, 3.63) is 69.8 Å². The van der Waals surface area contributed by atoms with Crippen LogP contribution in [0.15, 0.2) is 63.8 Å². The van der Waals surface area contributed by atoms with Crippen LogP contribution >= 0.6 is 11.8 Å². The van der Waals surface area contributed by atoms with Gasteiger partial charge in [0.1, 0.15) is 5.82 Å². The molecule has 33 heavy (non-hydrogen) atoms. The minimum absolute atomic E-state index is 0.197. The third kappa shape index (κ3) is 4.61. The van der Waals surface area contributed by atoms with Gasteiger partial charge in [0.2, 0.25) is 0 Å². The predicted molar refractivity (Wildman–Crippen MR) is 125 cm³/mol. The number of thioether (sulfide) groups is 1. The maximum Gasteiger partial charge on any atom is 0.337 e. The van der Waals surface area contributed by atoms with Crippen LogP contribution in [0.25, 0.3) is 16.7 Å². The Hall–Kier alpha value is -3.66. The quantitative estimate of drug-likeness (QED) is 0.327. The number of aryl methyl sites for hydroxylation is 1. The highest BCUT2D eigenvalue weighted by Crippen LogP contribution is 2.25. The fourth-order valence-corrected chi connectivity index (χ4v) is 4.55. The lowest BCUT2D eigenvalue weighted by molar-refractivity contribution is -0.138. The van der Waals surface area contributed by atoms with Crippen molar-refractivity contribution in [2.24, 2.45) is 0 Å². The molecule has 2 aromatic heterocycles. The number of aromatic nitrogens is 3. The van der Waals surface area contributed by atoms with Gasteiger partial charge in [0.15, 0.2) is 5.16 Å². The van der Waals surface area contributed by atoms with Gasteiger partial charge < -0.3 is 15.4 Å². The first-order valence-electron chi connectivity index (χ1n) is 10.4. The van der Waals surface area contributed by atoms with E-state index in [0.717, 1.165) is 5.56 Å². The Morgan fingerprint density at radius 3 is 2.79 bits per heavy atom. The maximum atomic E-state index is 13.4. The third-order valence-corrected chi connectivity index (χ3v) is 6.05. The molecular weight excluding hydrogens is 442 g/mol. The fraction of sp³-hybridized carbons (Fsp3) is 0.261. The number of hydrogen-bond donors (Lipinski definition) is 2. The first-order chi connectivity index (χ1) is 15.9. The van der Waals surface area contributed by atoms with Gasteiger partial charge in [0.25, 0.3) is 5.56 Å². The van der Waals surface area contributed by atoms with Crippen LogP contribution in [0, 0.1) is 6.92 Å². The number of rotatable bonds is 6. The normalized spacial score (nSPS) is 15.8. The van der Waals surface area contributed by atoms with Crippen molar-refractivity contribution < 1.29 is 14.3 Å². The summed E-state index contributed by atoms with van der Waals surface area (Å²) in [7, 11) is 0. The van der Waals surface area contributed by atoms with Crippen LogP contribution in [0.5, 0.6) is 0 Å². The monoisotopic (exact) mass is 465 g/mol. The molecule has 1 aliphatic rings. The molecule has 9 nitrogen and oxygen atoms in total. The molecule has 4 rings (SSSR count). The van der Waals surface area contributed by atoms with Gasteiger partial charge in [-0.15, -0.1) is 0 Å². The Balaban J connectivity index is 1.80. The van der Waals surface area contributed by atoms with Crippen molar-refractivity contribution in [1.82, 2.24) is 25.2 Å². The molecular formula is C23H23N5O4S. The number of pyridine rings is 1. The third-order valence-electron chi connectivity index (χ3n) is 5.09. The summed E-state index contributed by atoms with van der Waals surface area (Å²) in [4.78, 5) is 47.0. The number of carbonyl (C=O) groups is 2. The summed E-state index contributed by atoms with van der Waals surface area (Å²) in [5.74, 6) is 0.142. The number of esters is 1. The SMILES string of the molecule is CCOC(=O)C1=C(CSc2nc3ccccc3c(=O)n2-c2cc(C)ccn2)NC(=O)NC1C. The molecule has 0 saturated heterocycles. The second-order valence-electron chi connectivity index (χ2n) is 7.47. The minimum Gasteiger partial charge on any atom is -0.463 e. The Bertz CT molecular complexity index is 1330. The van der Waals surface area contributed by atoms with Gasteiger partial charge >= 0.3 is 12.0 Å². The van der Waals surface area contributed by atoms with Gasteiger partial charge in [-0.1, -0.05) is 23.9 Å². The minimum atomic E-state index is -0.515. The standard InChI is InChI=1S/C23H23N5O4S/c1-4-32-21(30)19-14(3)25-22(31)26-17(19)12-33-23-27-16-8-6-5-7-15(16)20(29)28(23)18-11-13(2)9-10-24-18/h5-11,14H,4,12H2,1-3H3,(H2,25,26,31). The number of amides is 2. The molecule has 0 bridgehead atoms. The van der Waals surface area contributed by atoms with Crippen molar-refractivity contribution in [3.63, 3.8) is 0 Å². The number of urea groups is 1. The van der Waals surface area contributed by atoms with E-state index in [-0.39, 0.29) is 17.9 Å². The van der Waals surface area contributed by atoms with Crippen molar-refractivity contribution in [2.45, 2.75) is 32.0 Å². The van der Waals surface area contributed by atoms with Gasteiger partial charge in [-0.05, 0) is 50.6 Å². The zero-order valence-electron chi connectivity index (χ0n) is 18.4. The van der Waals surface area contributed by atoms with Gasteiger partial charge in [0, 0.05) is 17.6 Å². The lowest BCUT2D eigenvalue weighted by Gasteiger charge is -2.26. The van der Waals surface area contributed by atoms with Crippen molar-refractivity contribution >= 4 is 34.7 Å². The summed E-state index contributed by atoms with van der Waals surface area (Å²) in [6, 6.07) is 9.82. The van der Waals surface area contributed by atoms with E-state index in [4.69, 9.17) is 4.74 Å². The summed E-state index contributed by atoms with van der Waals surface area (Å²) in [6.45, 7) is 5.57. The van der Waals surface area contributed by atoms with E-state index < -0.39 is 18.0 Å². The lowest BCUT2D eigenvalue weighted by Crippen LogP contribution is -2.49.